The Bertz CT molecular complexity index is 144. The van der Waals surface area contributed by atoms with E-state index in [0.29, 0.717) is 6.61 Å². The Morgan fingerprint density at radius 3 is 2.90 bits per heavy atom. The summed E-state index contributed by atoms with van der Waals surface area (Å²) in [5.74, 6) is 0.916. The first-order chi connectivity index (χ1) is 4.62. The molecular weight excluding hydrogens is 171 g/mol. The van der Waals surface area contributed by atoms with Crippen molar-refractivity contribution in [1.82, 2.24) is 0 Å². The zero-order chi connectivity index (χ0) is 7.61. The summed E-state index contributed by atoms with van der Waals surface area (Å²) in [7, 11) is -1.56. The normalized spacial score (nSPS) is 34.4. The largest absolute Gasteiger partial charge is 0.508 e. The van der Waals surface area contributed by atoms with E-state index in [-0.39, 0.29) is 0 Å². The summed E-state index contributed by atoms with van der Waals surface area (Å²) in [5.41, 5.74) is 0. The second-order valence-electron chi connectivity index (χ2n) is 2.09. The molecule has 0 saturated carbocycles. The van der Waals surface area contributed by atoms with E-state index < -0.39 is 13.1 Å². The maximum atomic E-state index is 10.6. The highest BCUT2D eigenvalue weighted by Crippen LogP contribution is 2.39. The quantitative estimate of drug-likeness (QED) is 0.608. The molecule has 1 rings (SSSR count). The van der Waals surface area contributed by atoms with Gasteiger partial charge in [-0.15, -0.1) is 0 Å². The van der Waals surface area contributed by atoms with Gasteiger partial charge in [0, 0.05) is 12.7 Å². The van der Waals surface area contributed by atoms with Crippen LogP contribution in [0.2, 0.25) is 0 Å². The van der Waals surface area contributed by atoms with Crippen LogP contribution >= 0.6 is 19.8 Å². The van der Waals surface area contributed by atoms with E-state index in [1.807, 2.05) is 0 Å². The maximum absolute atomic E-state index is 10.6. The molecule has 0 spiro atoms. The maximum Gasteiger partial charge on any atom is 0.508 e. The van der Waals surface area contributed by atoms with Gasteiger partial charge in [-0.05, 0) is 4.57 Å². The second kappa shape index (κ2) is 3.18. The third kappa shape index (κ3) is 2.20. The highest BCUT2D eigenvalue weighted by molar-refractivity contribution is 8.00. The van der Waals surface area contributed by atoms with E-state index in [2.05, 4.69) is 0 Å². The van der Waals surface area contributed by atoms with E-state index >= 15 is 0 Å². The summed E-state index contributed by atoms with van der Waals surface area (Å²) in [4.78, 5) is 0. The van der Waals surface area contributed by atoms with Crippen LogP contribution in [0.1, 0.15) is 6.92 Å². The van der Waals surface area contributed by atoms with Crippen molar-refractivity contribution >= 4 is 19.8 Å². The van der Waals surface area contributed by atoms with E-state index in [1.54, 1.807) is 18.7 Å². The van der Waals surface area contributed by atoms with E-state index in [9.17, 15) is 4.57 Å². The Kier molecular flexibility index (Phi) is 2.69. The molecule has 1 saturated heterocycles. The summed E-state index contributed by atoms with van der Waals surface area (Å²) in [5, 5.41) is -0.651. The van der Waals surface area contributed by atoms with Crippen molar-refractivity contribution in [2.24, 2.45) is 0 Å². The summed E-state index contributed by atoms with van der Waals surface area (Å²) in [6.45, 7) is 4.01. The van der Waals surface area contributed by atoms with Crippen LogP contribution < -0.4 is 0 Å². The van der Waals surface area contributed by atoms with Gasteiger partial charge in [0.2, 0.25) is 0 Å². The second-order valence-corrected chi connectivity index (χ2v) is 4.59. The Hall–Kier alpha value is 0.370. The van der Waals surface area contributed by atoms with Crippen LogP contribution in [0.25, 0.3) is 0 Å². The van der Waals surface area contributed by atoms with Gasteiger partial charge in [0.05, 0.1) is 6.61 Å². The molecule has 58 valence electrons. The molecule has 1 fully saturated rings. The van der Waals surface area contributed by atoms with E-state index in [4.69, 9.17) is 9.26 Å². The van der Waals surface area contributed by atoms with Crippen molar-refractivity contribution in [3.05, 3.63) is 0 Å². The van der Waals surface area contributed by atoms with Gasteiger partial charge in [-0.1, -0.05) is 16.3 Å². The molecule has 5 heteroatoms. The predicted octanol–water partition coefficient (Wildman–Crippen LogP) is 1.81. The summed E-state index contributed by atoms with van der Waals surface area (Å²) < 4.78 is 20.9. The average molecular weight is 181 g/mol. The van der Waals surface area contributed by atoms with Crippen molar-refractivity contribution in [2.75, 3.05) is 19.0 Å². The van der Waals surface area contributed by atoms with Crippen LogP contribution in [0, 0.1) is 0 Å². The molecular formula is C5H10O3PS+. The van der Waals surface area contributed by atoms with Crippen molar-refractivity contribution in [3.8, 4) is 0 Å². The van der Waals surface area contributed by atoms with Crippen molar-refractivity contribution < 1.29 is 13.8 Å². The average Bonchev–Trinajstić information content (AvgIpc) is 2.12. The van der Waals surface area contributed by atoms with Crippen LogP contribution in [0.4, 0.5) is 0 Å². The van der Waals surface area contributed by atoms with E-state index in [0.717, 1.165) is 5.75 Å². The van der Waals surface area contributed by atoms with Crippen molar-refractivity contribution in [3.63, 3.8) is 0 Å². The third-order valence-corrected chi connectivity index (χ3v) is 2.93. The first-order valence-electron chi connectivity index (χ1n) is 3.00. The molecule has 1 aliphatic heterocycles. The Morgan fingerprint density at radius 1 is 1.80 bits per heavy atom. The topological polar surface area (TPSA) is 35.5 Å². The van der Waals surface area contributed by atoms with Crippen LogP contribution in [-0.2, 0) is 13.8 Å². The summed E-state index contributed by atoms with van der Waals surface area (Å²) in [6, 6.07) is 0. The molecule has 0 radical (unpaired) electrons. The van der Waals surface area contributed by atoms with Crippen LogP contribution in [0.5, 0.6) is 0 Å². The summed E-state index contributed by atoms with van der Waals surface area (Å²) in [6.07, 6.45) is 0. The zero-order valence-electron chi connectivity index (χ0n) is 5.99. The monoisotopic (exact) mass is 181 g/mol. The summed E-state index contributed by atoms with van der Waals surface area (Å²) >= 11 is 1.54. The van der Waals surface area contributed by atoms with Gasteiger partial charge in [-0.25, -0.2) is 0 Å². The standard InChI is InChI=1S/C5H10O3PS/c1-5(8-9(2)6)7-3-4-10-5/h3-4H2,1-2H3/q+1. The van der Waals surface area contributed by atoms with Gasteiger partial charge >= 0.3 is 8.03 Å². The van der Waals surface area contributed by atoms with Gasteiger partial charge in [0.15, 0.2) is 6.66 Å². The number of hydrogen-bond acceptors (Lipinski definition) is 4. The lowest BCUT2D eigenvalue weighted by Gasteiger charge is -2.12. The lowest BCUT2D eigenvalue weighted by atomic mass is 10.7. The van der Waals surface area contributed by atoms with E-state index in [1.165, 1.54) is 6.66 Å². The van der Waals surface area contributed by atoms with Crippen molar-refractivity contribution in [2.45, 2.75) is 12.0 Å². The Morgan fingerprint density at radius 2 is 2.50 bits per heavy atom. The van der Waals surface area contributed by atoms with Gasteiger partial charge in [0.25, 0.3) is 5.12 Å². The smallest absolute Gasteiger partial charge is 0.337 e. The van der Waals surface area contributed by atoms with Gasteiger partial charge in [0.1, 0.15) is 0 Å². The molecule has 1 heterocycles. The molecule has 0 amide bonds. The number of ether oxygens (including phenoxy) is 1. The molecule has 2 atom stereocenters. The molecule has 0 N–H and O–H groups in total. The molecule has 0 aromatic heterocycles. The van der Waals surface area contributed by atoms with Gasteiger partial charge in [-0.3, -0.25) is 0 Å². The SMILES string of the molecule is C[P+](=O)OC1(C)OCCS1. The molecule has 10 heavy (non-hydrogen) atoms. The number of rotatable bonds is 2. The lowest BCUT2D eigenvalue weighted by molar-refractivity contribution is -0.0744. The first kappa shape index (κ1) is 8.47. The molecule has 2 unspecified atom stereocenters. The molecule has 0 aromatic carbocycles. The van der Waals surface area contributed by atoms with Crippen molar-refractivity contribution in [1.29, 1.82) is 0 Å². The Labute approximate surface area is 65.3 Å². The molecule has 3 nitrogen and oxygen atoms in total. The fourth-order valence-corrected chi connectivity index (χ4v) is 2.53. The minimum absolute atomic E-state index is 0.651. The van der Waals surface area contributed by atoms with Crippen LogP contribution in [-0.4, -0.2) is 24.1 Å². The first-order valence-corrected chi connectivity index (χ1v) is 5.61. The van der Waals surface area contributed by atoms with Crippen LogP contribution in [0.15, 0.2) is 0 Å². The fraction of sp³-hybridized carbons (Fsp3) is 1.00. The number of hydrogen-bond donors (Lipinski definition) is 0. The molecule has 1 aliphatic rings. The van der Waals surface area contributed by atoms with Gasteiger partial charge < -0.3 is 4.74 Å². The number of thioether (sulfide) groups is 1. The minimum atomic E-state index is -1.56. The van der Waals surface area contributed by atoms with Crippen LogP contribution in [0.3, 0.4) is 0 Å². The predicted molar refractivity (Wildman–Crippen MR) is 41.4 cm³/mol. The fourth-order valence-electron chi connectivity index (χ4n) is 0.782. The minimum Gasteiger partial charge on any atom is -0.337 e. The van der Waals surface area contributed by atoms with Gasteiger partial charge in [-0.2, -0.15) is 0 Å². The molecule has 0 aliphatic carbocycles. The lowest BCUT2D eigenvalue weighted by Crippen LogP contribution is -2.19. The highest BCUT2D eigenvalue weighted by Gasteiger charge is 2.38. The Balaban J connectivity index is 2.43. The third-order valence-electron chi connectivity index (χ3n) is 1.11. The molecule has 0 aromatic rings. The molecule has 0 bridgehead atoms. The highest BCUT2D eigenvalue weighted by atomic mass is 32.2. The zero-order valence-corrected chi connectivity index (χ0v) is 7.71.